The summed E-state index contributed by atoms with van der Waals surface area (Å²) in [6, 6.07) is 13.8. The van der Waals surface area contributed by atoms with Crippen molar-refractivity contribution in [3.05, 3.63) is 60.7 Å². The first kappa shape index (κ1) is 29.6. The smallest absolute Gasteiger partial charge is 0.390 e. The summed E-state index contributed by atoms with van der Waals surface area (Å²) in [6.07, 6.45) is -8.30. The number of benzene rings is 2. The summed E-state index contributed by atoms with van der Waals surface area (Å²) in [4.78, 5) is 0. The monoisotopic (exact) mass is 560 g/mol. The van der Waals surface area contributed by atoms with Crippen molar-refractivity contribution in [2.75, 3.05) is 0 Å². The van der Waals surface area contributed by atoms with E-state index in [1.165, 1.54) is 60.7 Å². The Hall–Kier alpha value is -2.00. The molecular weight excluding hydrogens is 534 g/mol. The van der Waals surface area contributed by atoms with Crippen LogP contribution in [0.4, 0.5) is 39.5 Å². The summed E-state index contributed by atoms with van der Waals surface area (Å²) in [7, 11) is -4.40. The standard InChI is InChI=1S/C25H26F9O2P/c26-22(27,23(28,29)24(30,31)25(32,33)34)17-20(16-21(35)14-8-3-9-15-21)37(36,18-10-4-1-5-11-18)19-12-6-2-7-13-19/h1-2,4-7,10-13,20,35H,3,8-9,14-17H2. The van der Waals surface area contributed by atoms with Gasteiger partial charge >= 0.3 is 23.9 Å². The fourth-order valence-electron chi connectivity index (χ4n) is 4.88. The number of hydrogen-bond acceptors (Lipinski definition) is 2. The first-order valence-corrected chi connectivity index (χ1v) is 13.4. The van der Waals surface area contributed by atoms with Crippen molar-refractivity contribution in [1.29, 1.82) is 0 Å². The lowest BCUT2D eigenvalue weighted by atomic mass is 9.80. The van der Waals surface area contributed by atoms with Crippen LogP contribution in [0.15, 0.2) is 60.7 Å². The second kappa shape index (κ2) is 10.3. The van der Waals surface area contributed by atoms with Crippen molar-refractivity contribution in [3.63, 3.8) is 0 Å². The molecule has 0 saturated heterocycles. The number of hydrogen-bond donors (Lipinski definition) is 1. The van der Waals surface area contributed by atoms with Gasteiger partial charge in [-0.05, 0) is 19.3 Å². The van der Waals surface area contributed by atoms with E-state index in [-0.39, 0.29) is 23.5 Å². The van der Waals surface area contributed by atoms with Gasteiger partial charge in [0.25, 0.3) is 0 Å². The van der Waals surface area contributed by atoms with Crippen LogP contribution in [0.5, 0.6) is 0 Å². The Kier molecular flexibility index (Phi) is 8.22. The second-order valence-corrected chi connectivity index (χ2v) is 12.6. The molecule has 3 rings (SSSR count). The van der Waals surface area contributed by atoms with E-state index in [2.05, 4.69) is 0 Å². The molecule has 2 nitrogen and oxygen atoms in total. The molecule has 2 aromatic rings. The van der Waals surface area contributed by atoms with Gasteiger partial charge in [0.15, 0.2) is 0 Å². The molecule has 0 heterocycles. The highest BCUT2D eigenvalue weighted by Crippen LogP contribution is 2.60. The van der Waals surface area contributed by atoms with Gasteiger partial charge < -0.3 is 9.67 Å². The SMILES string of the molecule is O=P(c1ccccc1)(c1ccccc1)C(CC1(O)CCCCC1)CC(F)(F)C(F)(F)C(F)(F)C(F)(F)F. The molecule has 0 aromatic heterocycles. The molecule has 1 saturated carbocycles. The summed E-state index contributed by atoms with van der Waals surface area (Å²) < 4.78 is 139. The van der Waals surface area contributed by atoms with Gasteiger partial charge in [0, 0.05) is 22.7 Å². The topological polar surface area (TPSA) is 37.3 Å². The van der Waals surface area contributed by atoms with Crippen LogP contribution in [-0.4, -0.2) is 40.3 Å². The molecule has 2 aromatic carbocycles. The highest BCUT2D eigenvalue weighted by atomic mass is 31.2. The summed E-state index contributed by atoms with van der Waals surface area (Å²) in [5.74, 6) is -19.8. The van der Waals surface area contributed by atoms with Gasteiger partial charge in [-0.3, -0.25) is 0 Å². The average Bonchev–Trinajstić information content (AvgIpc) is 2.83. The predicted octanol–water partition coefficient (Wildman–Crippen LogP) is 7.31. The molecule has 0 bridgehead atoms. The number of aliphatic hydroxyl groups is 1. The first-order valence-electron chi connectivity index (χ1n) is 11.6. The molecule has 1 N–H and O–H groups in total. The Labute approximate surface area is 208 Å². The maximum Gasteiger partial charge on any atom is 0.460 e. The van der Waals surface area contributed by atoms with Gasteiger partial charge in [0.2, 0.25) is 0 Å². The molecule has 0 radical (unpaired) electrons. The number of rotatable bonds is 9. The van der Waals surface area contributed by atoms with Gasteiger partial charge in [-0.15, -0.1) is 0 Å². The third-order valence-electron chi connectivity index (χ3n) is 6.90. The van der Waals surface area contributed by atoms with Crippen molar-refractivity contribution in [2.24, 2.45) is 0 Å². The summed E-state index contributed by atoms with van der Waals surface area (Å²) >= 11 is 0. The van der Waals surface area contributed by atoms with Crippen LogP contribution in [-0.2, 0) is 4.57 Å². The summed E-state index contributed by atoms with van der Waals surface area (Å²) in [5, 5.41) is 11.0. The third-order valence-corrected chi connectivity index (χ3v) is 10.4. The highest BCUT2D eigenvalue weighted by Gasteiger charge is 2.81. The van der Waals surface area contributed by atoms with E-state index >= 15 is 0 Å². The Morgan fingerprint density at radius 2 is 1.16 bits per heavy atom. The number of halogens is 9. The summed E-state index contributed by atoms with van der Waals surface area (Å²) in [6.45, 7) is 0. The average molecular weight is 560 g/mol. The largest absolute Gasteiger partial charge is 0.460 e. The van der Waals surface area contributed by atoms with E-state index < -0.39 is 55.2 Å². The molecular formula is C25H26F9O2P. The number of alkyl halides is 9. The third kappa shape index (κ3) is 5.58. The molecule has 1 aliphatic rings. The molecule has 206 valence electrons. The second-order valence-electron chi connectivity index (χ2n) is 9.53. The molecule has 0 spiro atoms. The van der Waals surface area contributed by atoms with Crippen LogP contribution in [0.25, 0.3) is 0 Å². The first-order chi connectivity index (χ1) is 17.0. The predicted molar refractivity (Wildman–Crippen MR) is 122 cm³/mol. The van der Waals surface area contributed by atoms with Crippen LogP contribution in [0.2, 0.25) is 0 Å². The lowest BCUT2D eigenvalue weighted by Gasteiger charge is -2.41. The minimum Gasteiger partial charge on any atom is -0.390 e. The van der Waals surface area contributed by atoms with Crippen LogP contribution >= 0.6 is 7.14 Å². The van der Waals surface area contributed by atoms with E-state index in [0.717, 1.165) is 0 Å². The normalized spacial score (nSPS) is 18.4. The molecule has 0 aliphatic heterocycles. The van der Waals surface area contributed by atoms with Gasteiger partial charge in [0.05, 0.1) is 5.60 Å². The van der Waals surface area contributed by atoms with Gasteiger partial charge in [-0.2, -0.15) is 39.5 Å². The van der Waals surface area contributed by atoms with Gasteiger partial charge in [-0.1, -0.05) is 79.9 Å². The van der Waals surface area contributed by atoms with Crippen molar-refractivity contribution in [3.8, 4) is 0 Å². The van der Waals surface area contributed by atoms with Crippen LogP contribution in [0.1, 0.15) is 44.9 Å². The van der Waals surface area contributed by atoms with Gasteiger partial charge in [-0.25, -0.2) is 0 Å². The Morgan fingerprint density at radius 1 is 0.730 bits per heavy atom. The molecule has 1 aliphatic carbocycles. The van der Waals surface area contributed by atoms with E-state index in [1.807, 2.05) is 0 Å². The Bertz CT molecular complexity index is 1040. The van der Waals surface area contributed by atoms with Crippen LogP contribution in [0.3, 0.4) is 0 Å². The zero-order valence-electron chi connectivity index (χ0n) is 19.5. The fraction of sp³-hybridized carbons (Fsp3) is 0.520. The molecule has 37 heavy (non-hydrogen) atoms. The van der Waals surface area contributed by atoms with Crippen molar-refractivity contribution in [1.82, 2.24) is 0 Å². The molecule has 0 amide bonds. The maximum atomic E-state index is 15.0. The minimum atomic E-state index is -7.06. The Balaban J connectivity index is 2.19. The van der Waals surface area contributed by atoms with Crippen LogP contribution < -0.4 is 10.6 Å². The summed E-state index contributed by atoms with van der Waals surface area (Å²) in [5.41, 5.74) is -3.81. The quantitative estimate of drug-likeness (QED) is 0.258. The van der Waals surface area contributed by atoms with E-state index in [4.69, 9.17) is 0 Å². The molecule has 1 fully saturated rings. The van der Waals surface area contributed by atoms with E-state index in [1.54, 1.807) is 0 Å². The van der Waals surface area contributed by atoms with Gasteiger partial charge in [0.1, 0.15) is 7.14 Å². The van der Waals surface area contributed by atoms with E-state index in [9.17, 15) is 49.2 Å². The van der Waals surface area contributed by atoms with E-state index in [0.29, 0.717) is 19.3 Å². The zero-order valence-corrected chi connectivity index (χ0v) is 20.4. The minimum absolute atomic E-state index is 0.0494. The van der Waals surface area contributed by atoms with Crippen LogP contribution in [0, 0.1) is 0 Å². The highest BCUT2D eigenvalue weighted by molar-refractivity contribution is 7.79. The fourth-order valence-corrected chi connectivity index (χ4v) is 8.34. The lowest BCUT2D eigenvalue weighted by molar-refractivity contribution is -0.396. The molecule has 1 unspecified atom stereocenters. The Morgan fingerprint density at radius 3 is 1.57 bits per heavy atom. The zero-order chi connectivity index (χ0) is 27.8. The van der Waals surface area contributed by atoms with Crippen molar-refractivity contribution < 1.29 is 49.2 Å². The molecule has 1 atom stereocenters. The maximum absolute atomic E-state index is 15.0. The lowest BCUT2D eigenvalue weighted by Crippen LogP contribution is -2.61. The van der Waals surface area contributed by atoms with Crippen molar-refractivity contribution in [2.45, 2.75) is 80.1 Å². The molecule has 12 heteroatoms. The van der Waals surface area contributed by atoms with Crippen molar-refractivity contribution >= 4 is 17.8 Å².